The van der Waals surface area contributed by atoms with Crippen LogP contribution in [0.4, 0.5) is 0 Å². The predicted molar refractivity (Wildman–Crippen MR) is 142 cm³/mol. The van der Waals surface area contributed by atoms with Crippen LogP contribution in [0.1, 0.15) is 32.4 Å². The maximum atomic E-state index is 12.6. The van der Waals surface area contributed by atoms with Gasteiger partial charge in [-0.3, -0.25) is 9.69 Å². The number of nitrogens with one attached hydrogen (secondary N) is 1. The van der Waals surface area contributed by atoms with Gasteiger partial charge in [0.25, 0.3) is 5.91 Å². The van der Waals surface area contributed by atoms with Crippen LogP contribution in [0.3, 0.4) is 0 Å². The molecule has 0 saturated heterocycles. The van der Waals surface area contributed by atoms with Crippen molar-refractivity contribution in [1.82, 2.24) is 15.2 Å². The number of amides is 1. The van der Waals surface area contributed by atoms with E-state index >= 15 is 0 Å². The molecule has 0 radical (unpaired) electrons. The summed E-state index contributed by atoms with van der Waals surface area (Å²) in [6, 6.07) is 15.6. The summed E-state index contributed by atoms with van der Waals surface area (Å²) < 4.78 is 27.1. The van der Waals surface area contributed by atoms with Crippen LogP contribution in [0.5, 0.6) is 23.0 Å². The number of nitrogens with zero attached hydrogens (tertiary/aromatic N) is 2. The van der Waals surface area contributed by atoms with Crippen molar-refractivity contribution in [2.45, 2.75) is 26.1 Å². The first kappa shape index (κ1) is 25.6. The highest BCUT2D eigenvalue weighted by atomic mass is 32.1. The number of rotatable bonds is 12. The molecule has 0 fully saturated rings. The Balaban J connectivity index is 1.28. The van der Waals surface area contributed by atoms with Crippen LogP contribution in [0.2, 0.25) is 0 Å². The Labute approximate surface area is 224 Å². The van der Waals surface area contributed by atoms with Crippen LogP contribution < -0.4 is 24.3 Å². The number of carbonyl (C=O) groups excluding carboxylic acids is 1. The average molecular weight is 536 g/mol. The van der Waals surface area contributed by atoms with Crippen LogP contribution >= 0.6 is 11.3 Å². The lowest BCUT2D eigenvalue weighted by Crippen LogP contribution is -2.26. The maximum absolute atomic E-state index is 12.6. The van der Waals surface area contributed by atoms with Crippen LogP contribution in [0, 0.1) is 0 Å². The molecule has 0 bridgehead atoms. The molecule has 2 aromatic carbocycles. The molecule has 0 saturated carbocycles. The summed E-state index contributed by atoms with van der Waals surface area (Å²) in [6.45, 7) is 2.61. The zero-order valence-electron chi connectivity index (χ0n) is 21.3. The second kappa shape index (κ2) is 12.0. The monoisotopic (exact) mass is 535 g/mol. The molecule has 1 aliphatic rings. The quantitative estimate of drug-likeness (QED) is 0.280. The zero-order chi connectivity index (χ0) is 26.3. The number of fused-ring (bicyclic) bond motifs is 1. The van der Waals surface area contributed by atoms with Gasteiger partial charge in [0.05, 0.1) is 33.6 Å². The fraction of sp³-hybridized carbons (Fsp3) is 0.286. The molecular weight excluding hydrogens is 506 g/mol. The Hall–Kier alpha value is -4.02. The van der Waals surface area contributed by atoms with E-state index in [1.165, 1.54) is 11.3 Å². The molecule has 2 aromatic heterocycles. The summed E-state index contributed by atoms with van der Waals surface area (Å²) in [5.74, 6) is 3.39. The number of ether oxygens (including phenoxy) is 4. The Morgan fingerprint density at radius 2 is 1.87 bits per heavy atom. The van der Waals surface area contributed by atoms with Gasteiger partial charge >= 0.3 is 0 Å². The highest BCUT2D eigenvalue weighted by Gasteiger charge is 2.18. The fourth-order valence-electron chi connectivity index (χ4n) is 4.19. The van der Waals surface area contributed by atoms with E-state index in [0.29, 0.717) is 42.6 Å². The minimum Gasteiger partial charge on any atom is -0.493 e. The first-order valence-corrected chi connectivity index (χ1v) is 13.1. The minimum absolute atomic E-state index is 0.225. The predicted octanol–water partition coefficient (Wildman–Crippen LogP) is 4.66. The van der Waals surface area contributed by atoms with Crippen LogP contribution in [-0.2, 0) is 26.1 Å². The molecule has 38 heavy (non-hydrogen) atoms. The molecule has 0 atom stereocenters. The molecule has 10 heteroatoms. The topological polar surface area (TPSA) is 95.3 Å². The van der Waals surface area contributed by atoms with Crippen molar-refractivity contribution in [3.63, 3.8) is 0 Å². The Morgan fingerprint density at radius 1 is 1.03 bits per heavy atom. The van der Waals surface area contributed by atoms with Gasteiger partial charge in [0.15, 0.2) is 23.0 Å². The summed E-state index contributed by atoms with van der Waals surface area (Å²) in [5.41, 5.74) is 2.64. The molecule has 1 aliphatic heterocycles. The van der Waals surface area contributed by atoms with Crippen LogP contribution in [0.25, 0.3) is 0 Å². The third-order valence-corrected chi connectivity index (χ3v) is 6.99. The van der Waals surface area contributed by atoms with E-state index in [1.807, 2.05) is 42.5 Å². The van der Waals surface area contributed by atoms with Gasteiger partial charge in [-0.2, -0.15) is 0 Å². The third-order valence-electron chi connectivity index (χ3n) is 6.15. The number of furan rings is 1. The van der Waals surface area contributed by atoms with Gasteiger partial charge in [-0.15, -0.1) is 11.3 Å². The Kier molecular flexibility index (Phi) is 8.10. The Morgan fingerprint density at radius 3 is 2.68 bits per heavy atom. The standard InChI is InChI=1S/C28H29N3O6S/c1-33-23-7-5-19(12-25(23)34-2)9-10-31(15-20-6-8-24-26(13-20)37-18-36-24)16-27-30-22(17-38-27)28(32)29-14-21-4-3-11-35-21/h3-8,11-13,17H,9-10,14-16,18H2,1-2H3,(H,29,32). The van der Waals surface area contributed by atoms with Crippen molar-refractivity contribution in [2.75, 3.05) is 27.6 Å². The maximum Gasteiger partial charge on any atom is 0.271 e. The van der Waals surface area contributed by atoms with Gasteiger partial charge in [-0.1, -0.05) is 12.1 Å². The van der Waals surface area contributed by atoms with Gasteiger partial charge in [-0.05, 0) is 53.9 Å². The largest absolute Gasteiger partial charge is 0.493 e. The number of carbonyl (C=O) groups is 1. The molecule has 3 heterocycles. The normalized spacial score (nSPS) is 12.1. The fourth-order valence-corrected chi connectivity index (χ4v) is 5.00. The lowest BCUT2D eigenvalue weighted by Gasteiger charge is -2.22. The third kappa shape index (κ3) is 6.27. The number of aromatic nitrogens is 1. The van der Waals surface area contributed by atoms with Crippen molar-refractivity contribution in [3.8, 4) is 23.0 Å². The smallest absolute Gasteiger partial charge is 0.271 e. The van der Waals surface area contributed by atoms with E-state index in [4.69, 9.17) is 23.4 Å². The summed E-state index contributed by atoms with van der Waals surface area (Å²) in [4.78, 5) is 19.5. The lowest BCUT2D eigenvalue weighted by molar-refractivity contribution is 0.0943. The van der Waals surface area contributed by atoms with Crippen molar-refractivity contribution in [2.24, 2.45) is 0 Å². The second-order valence-corrected chi connectivity index (χ2v) is 9.67. The summed E-state index contributed by atoms with van der Waals surface area (Å²) in [7, 11) is 3.27. The average Bonchev–Trinajstić information content (AvgIpc) is 3.72. The first-order chi connectivity index (χ1) is 18.6. The van der Waals surface area contributed by atoms with Crippen molar-refractivity contribution in [3.05, 3.63) is 87.8 Å². The van der Waals surface area contributed by atoms with Gasteiger partial charge in [-0.25, -0.2) is 4.98 Å². The number of thiazole rings is 1. The molecule has 1 N–H and O–H groups in total. The molecule has 9 nitrogen and oxygen atoms in total. The van der Waals surface area contributed by atoms with E-state index in [0.717, 1.165) is 40.6 Å². The first-order valence-electron chi connectivity index (χ1n) is 12.2. The van der Waals surface area contributed by atoms with E-state index in [1.54, 1.807) is 31.9 Å². The number of hydrogen-bond donors (Lipinski definition) is 1. The number of hydrogen-bond acceptors (Lipinski definition) is 9. The van der Waals surface area contributed by atoms with E-state index in [2.05, 4.69) is 15.2 Å². The lowest BCUT2D eigenvalue weighted by atomic mass is 10.1. The van der Waals surface area contributed by atoms with E-state index in [9.17, 15) is 4.79 Å². The number of methoxy groups -OCH3 is 2. The molecule has 4 aromatic rings. The van der Waals surface area contributed by atoms with Crippen molar-refractivity contribution < 1.29 is 28.2 Å². The van der Waals surface area contributed by atoms with Gasteiger partial charge in [0.2, 0.25) is 6.79 Å². The highest BCUT2D eigenvalue weighted by molar-refractivity contribution is 7.09. The summed E-state index contributed by atoms with van der Waals surface area (Å²) in [6.07, 6.45) is 2.38. The van der Waals surface area contributed by atoms with Crippen LogP contribution in [-0.4, -0.2) is 43.3 Å². The van der Waals surface area contributed by atoms with Crippen molar-refractivity contribution >= 4 is 17.2 Å². The molecule has 0 unspecified atom stereocenters. The molecule has 0 spiro atoms. The highest BCUT2D eigenvalue weighted by Crippen LogP contribution is 2.33. The number of benzene rings is 2. The molecule has 5 rings (SSSR count). The summed E-state index contributed by atoms with van der Waals surface area (Å²) >= 11 is 1.47. The second-order valence-electron chi connectivity index (χ2n) is 8.73. The van der Waals surface area contributed by atoms with E-state index < -0.39 is 0 Å². The molecular formula is C28H29N3O6S. The molecule has 0 aliphatic carbocycles. The van der Waals surface area contributed by atoms with Gasteiger partial charge < -0.3 is 28.7 Å². The SMILES string of the molecule is COc1ccc(CCN(Cc2ccc3c(c2)OCO3)Cc2nc(C(=O)NCc3ccco3)cs2)cc1OC. The van der Waals surface area contributed by atoms with Crippen molar-refractivity contribution in [1.29, 1.82) is 0 Å². The van der Waals surface area contributed by atoms with E-state index in [-0.39, 0.29) is 12.7 Å². The molecule has 1 amide bonds. The summed E-state index contributed by atoms with van der Waals surface area (Å²) in [5, 5.41) is 5.50. The van der Waals surface area contributed by atoms with Gasteiger partial charge in [0.1, 0.15) is 16.5 Å². The minimum atomic E-state index is -0.225. The molecule has 198 valence electrons. The van der Waals surface area contributed by atoms with Gasteiger partial charge in [0, 0.05) is 18.5 Å². The zero-order valence-corrected chi connectivity index (χ0v) is 22.1. The Bertz CT molecular complexity index is 1370. The van der Waals surface area contributed by atoms with Crippen LogP contribution in [0.15, 0.2) is 64.6 Å².